The van der Waals surface area contributed by atoms with Gasteiger partial charge in [-0.25, -0.2) is 0 Å². The van der Waals surface area contributed by atoms with Crippen LogP contribution in [0.3, 0.4) is 0 Å². The van der Waals surface area contributed by atoms with Crippen molar-refractivity contribution in [3.8, 4) is 0 Å². The van der Waals surface area contributed by atoms with Gasteiger partial charge in [0.2, 0.25) is 0 Å². The first-order chi connectivity index (χ1) is 6.14. The lowest BCUT2D eigenvalue weighted by Crippen LogP contribution is -2.01. The average molecular weight is 206 g/mol. The SMILES string of the molecule is C=C=C(CO)P(=O)(OCC)OCC. The molecule has 0 saturated carbocycles. The fourth-order valence-corrected chi connectivity index (χ4v) is 2.21. The molecule has 0 radical (unpaired) electrons. The minimum Gasteiger partial charge on any atom is -0.391 e. The molecule has 0 unspecified atom stereocenters. The van der Waals surface area contributed by atoms with Gasteiger partial charge in [-0.1, -0.05) is 6.58 Å². The zero-order valence-electron chi connectivity index (χ0n) is 7.95. The monoisotopic (exact) mass is 206 g/mol. The Morgan fingerprint density at radius 2 is 1.92 bits per heavy atom. The van der Waals surface area contributed by atoms with Gasteiger partial charge in [-0.15, -0.1) is 5.73 Å². The number of hydrogen-bond acceptors (Lipinski definition) is 4. The summed E-state index contributed by atoms with van der Waals surface area (Å²) in [5.41, 5.74) is 2.37. The van der Waals surface area contributed by atoms with Gasteiger partial charge >= 0.3 is 7.60 Å². The molecular weight excluding hydrogens is 191 g/mol. The molecule has 13 heavy (non-hydrogen) atoms. The predicted molar refractivity (Wildman–Crippen MR) is 50.6 cm³/mol. The minimum atomic E-state index is -3.34. The van der Waals surface area contributed by atoms with Crippen molar-refractivity contribution in [1.29, 1.82) is 0 Å². The summed E-state index contributed by atoms with van der Waals surface area (Å²) < 4.78 is 21.7. The Labute approximate surface area is 78.4 Å². The Balaban J connectivity index is 4.76. The Hall–Kier alpha value is -0.370. The van der Waals surface area contributed by atoms with E-state index in [-0.39, 0.29) is 18.5 Å². The van der Waals surface area contributed by atoms with Gasteiger partial charge in [0.05, 0.1) is 19.8 Å². The Kier molecular flexibility index (Phi) is 5.97. The summed E-state index contributed by atoms with van der Waals surface area (Å²) in [4.78, 5) is 0. The summed E-state index contributed by atoms with van der Waals surface area (Å²) in [5.74, 6) is 0. The second-order valence-electron chi connectivity index (χ2n) is 2.11. The molecule has 4 nitrogen and oxygen atoms in total. The highest BCUT2D eigenvalue weighted by Gasteiger charge is 2.28. The van der Waals surface area contributed by atoms with Crippen LogP contribution in [0, 0.1) is 0 Å². The second kappa shape index (κ2) is 6.14. The molecule has 0 aromatic heterocycles. The van der Waals surface area contributed by atoms with Crippen LogP contribution < -0.4 is 0 Å². The maximum Gasteiger partial charge on any atom is 0.367 e. The van der Waals surface area contributed by atoms with E-state index in [4.69, 9.17) is 14.2 Å². The van der Waals surface area contributed by atoms with Crippen LogP contribution in [0.15, 0.2) is 17.6 Å². The van der Waals surface area contributed by atoms with Crippen LogP contribution in [0.25, 0.3) is 0 Å². The zero-order chi connectivity index (χ0) is 10.3. The topological polar surface area (TPSA) is 55.8 Å². The van der Waals surface area contributed by atoms with Crippen LogP contribution in [0.5, 0.6) is 0 Å². The quantitative estimate of drug-likeness (QED) is 0.532. The van der Waals surface area contributed by atoms with Crippen LogP contribution >= 0.6 is 7.60 Å². The fourth-order valence-electron chi connectivity index (χ4n) is 0.772. The Morgan fingerprint density at radius 3 is 2.15 bits per heavy atom. The van der Waals surface area contributed by atoms with Crippen molar-refractivity contribution in [2.24, 2.45) is 0 Å². The summed E-state index contributed by atoms with van der Waals surface area (Å²) in [6.45, 7) is 6.79. The molecule has 0 aliphatic rings. The molecule has 0 aromatic carbocycles. The van der Waals surface area contributed by atoms with Gasteiger partial charge in [0.1, 0.15) is 5.31 Å². The van der Waals surface area contributed by atoms with Crippen LogP contribution in [0.1, 0.15) is 13.8 Å². The highest BCUT2D eigenvalue weighted by Crippen LogP contribution is 2.55. The number of rotatable bonds is 6. The summed E-state index contributed by atoms with van der Waals surface area (Å²) in [5, 5.41) is 8.92. The van der Waals surface area contributed by atoms with Crippen LogP contribution in [0.4, 0.5) is 0 Å². The number of aliphatic hydroxyl groups is 1. The van der Waals surface area contributed by atoms with Crippen molar-refractivity contribution in [3.05, 3.63) is 17.6 Å². The highest BCUT2D eigenvalue weighted by atomic mass is 31.2. The number of hydrogen-bond donors (Lipinski definition) is 1. The first kappa shape index (κ1) is 12.6. The molecule has 0 fully saturated rings. The van der Waals surface area contributed by atoms with Gasteiger partial charge in [-0.2, -0.15) is 0 Å². The fraction of sp³-hybridized carbons (Fsp3) is 0.625. The lowest BCUT2D eigenvalue weighted by molar-refractivity contribution is 0.220. The van der Waals surface area contributed by atoms with E-state index in [0.717, 1.165) is 0 Å². The molecule has 0 aromatic rings. The third kappa shape index (κ3) is 3.47. The predicted octanol–water partition coefficient (Wildman–Crippen LogP) is 1.91. The molecule has 0 rings (SSSR count). The van der Waals surface area contributed by atoms with E-state index in [1.807, 2.05) is 0 Å². The zero-order valence-corrected chi connectivity index (χ0v) is 8.84. The van der Waals surface area contributed by atoms with Gasteiger partial charge in [0.25, 0.3) is 0 Å². The van der Waals surface area contributed by atoms with E-state index >= 15 is 0 Å². The van der Waals surface area contributed by atoms with Crippen molar-refractivity contribution < 1.29 is 18.7 Å². The normalized spacial score (nSPS) is 11.0. The van der Waals surface area contributed by atoms with Gasteiger partial charge in [0.15, 0.2) is 0 Å². The third-order valence-electron chi connectivity index (χ3n) is 1.28. The minimum absolute atomic E-state index is 0.0798. The lowest BCUT2D eigenvalue weighted by Gasteiger charge is -2.16. The molecule has 0 saturated heterocycles. The van der Waals surface area contributed by atoms with Crippen LogP contribution in [0.2, 0.25) is 0 Å². The van der Waals surface area contributed by atoms with E-state index in [2.05, 4.69) is 12.3 Å². The largest absolute Gasteiger partial charge is 0.391 e. The van der Waals surface area contributed by atoms with Crippen molar-refractivity contribution in [1.82, 2.24) is 0 Å². The molecule has 76 valence electrons. The van der Waals surface area contributed by atoms with Gasteiger partial charge in [0, 0.05) is 0 Å². The molecule has 5 heteroatoms. The summed E-state index contributed by atoms with van der Waals surface area (Å²) in [6, 6.07) is 0. The van der Waals surface area contributed by atoms with Crippen LogP contribution in [-0.2, 0) is 13.6 Å². The van der Waals surface area contributed by atoms with Gasteiger partial charge in [-0.05, 0) is 13.8 Å². The average Bonchev–Trinajstić information content (AvgIpc) is 2.07. The van der Waals surface area contributed by atoms with Gasteiger partial charge in [-0.3, -0.25) is 4.57 Å². The van der Waals surface area contributed by atoms with E-state index < -0.39 is 14.2 Å². The summed E-state index contributed by atoms with van der Waals surface area (Å²) in [7, 11) is -3.34. The standard InChI is InChI=1S/C8H15O4P/c1-4-8(7-9)13(10,11-5-2)12-6-3/h9H,1,5-7H2,2-3H3. The second-order valence-corrected chi connectivity index (χ2v) is 4.17. The maximum atomic E-state index is 11.8. The summed E-state index contributed by atoms with van der Waals surface area (Å²) >= 11 is 0. The van der Waals surface area contributed by atoms with Crippen molar-refractivity contribution in [2.75, 3.05) is 19.8 Å². The van der Waals surface area contributed by atoms with Gasteiger partial charge < -0.3 is 14.2 Å². The molecule has 1 N–H and O–H groups in total. The molecule has 0 atom stereocenters. The Morgan fingerprint density at radius 1 is 1.46 bits per heavy atom. The molecule has 0 amide bonds. The Bertz CT molecular complexity index is 233. The molecule has 0 bridgehead atoms. The first-order valence-corrected chi connectivity index (χ1v) is 5.58. The molecular formula is C8H15O4P. The third-order valence-corrected chi connectivity index (χ3v) is 3.44. The van der Waals surface area contributed by atoms with E-state index in [1.165, 1.54) is 0 Å². The molecule has 0 aliphatic carbocycles. The highest BCUT2D eigenvalue weighted by molar-refractivity contribution is 7.58. The van der Waals surface area contributed by atoms with Crippen LogP contribution in [-0.4, -0.2) is 24.9 Å². The maximum absolute atomic E-state index is 11.8. The van der Waals surface area contributed by atoms with Crippen molar-refractivity contribution >= 4 is 7.60 Å². The molecule has 0 heterocycles. The van der Waals surface area contributed by atoms with E-state index in [0.29, 0.717) is 0 Å². The first-order valence-electron chi connectivity index (χ1n) is 4.04. The molecule has 0 aliphatic heterocycles. The lowest BCUT2D eigenvalue weighted by atomic mass is 10.6. The molecule has 0 spiro atoms. The number of aliphatic hydroxyl groups excluding tert-OH is 1. The van der Waals surface area contributed by atoms with Crippen molar-refractivity contribution in [3.63, 3.8) is 0 Å². The smallest absolute Gasteiger partial charge is 0.367 e. The van der Waals surface area contributed by atoms with E-state index in [9.17, 15) is 4.57 Å². The summed E-state index contributed by atoms with van der Waals surface area (Å²) in [6.07, 6.45) is 0. The van der Waals surface area contributed by atoms with Crippen molar-refractivity contribution in [2.45, 2.75) is 13.8 Å². The van der Waals surface area contributed by atoms with E-state index in [1.54, 1.807) is 13.8 Å².